The Morgan fingerprint density at radius 1 is 1.00 bits per heavy atom. The highest BCUT2D eigenvalue weighted by atomic mass is 35.5. The van der Waals surface area contributed by atoms with Crippen molar-refractivity contribution in [3.8, 4) is 0 Å². The van der Waals surface area contributed by atoms with E-state index in [-0.39, 0.29) is 25.7 Å². The lowest BCUT2D eigenvalue weighted by atomic mass is 9.85. The van der Waals surface area contributed by atoms with E-state index in [1.807, 2.05) is 0 Å². The number of hydrogen-bond donors (Lipinski definition) is 2. The molecule has 0 fully saturated rings. The van der Waals surface area contributed by atoms with Gasteiger partial charge in [-0.1, -0.05) is 64.6 Å². The van der Waals surface area contributed by atoms with Gasteiger partial charge in [-0.15, -0.1) is 11.6 Å². The van der Waals surface area contributed by atoms with Crippen LogP contribution in [0.4, 0.5) is 0 Å². The number of rotatable bonds is 1. The third-order valence-electron chi connectivity index (χ3n) is 2.84. The third kappa shape index (κ3) is 2.25. The van der Waals surface area contributed by atoms with Gasteiger partial charge in [0.1, 0.15) is 11.1 Å². The number of benzene rings is 1. The zero-order chi connectivity index (χ0) is 14.4. The molecule has 0 bridgehead atoms. The van der Waals surface area contributed by atoms with Crippen molar-refractivity contribution in [3.63, 3.8) is 0 Å². The molecule has 0 amide bonds. The Balaban J connectivity index is 2.72. The van der Waals surface area contributed by atoms with Crippen LogP contribution in [-0.4, -0.2) is 15.6 Å². The summed E-state index contributed by atoms with van der Waals surface area (Å²) in [6.45, 7) is 0. The molecule has 0 heterocycles. The van der Waals surface area contributed by atoms with Crippen molar-refractivity contribution in [1.29, 1.82) is 0 Å². The van der Waals surface area contributed by atoms with Crippen LogP contribution in [0.25, 0.3) is 0 Å². The zero-order valence-corrected chi connectivity index (χ0v) is 13.0. The Morgan fingerprint density at radius 3 is 2.16 bits per heavy atom. The molecule has 1 aliphatic rings. The van der Waals surface area contributed by atoms with Gasteiger partial charge in [-0.2, -0.15) is 0 Å². The fraction of sp³-hybridized carbons (Fsp3) is 0.167. The topological polar surface area (TPSA) is 40.5 Å². The summed E-state index contributed by atoms with van der Waals surface area (Å²) in [6, 6.07) is 6.44. The second-order valence-electron chi connectivity index (χ2n) is 3.94. The molecule has 2 nitrogen and oxygen atoms in total. The average Bonchev–Trinajstić information content (AvgIpc) is 2.41. The monoisotopic (exact) mass is 358 g/mol. The predicted molar refractivity (Wildman–Crippen MR) is 79.2 cm³/mol. The summed E-state index contributed by atoms with van der Waals surface area (Å²) in [4.78, 5) is 0. The fourth-order valence-corrected chi connectivity index (χ4v) is 3.35. The summed E-state index contributed by atoms with van der Waals surface area (Å²) >= 11 is 29.8. The standard InChI is InChI=1S/C12H7Cl5O2/c13-6-4-2-1-3-5(6)12(19)10(16)8(15)7(14)9(18)11(12)17/h1-4,11,18-19H. The van der Waals surface area contributed by atoms with Crippen LogP contribution in [0.2, 0.25) is 5.02 Å². The molecule has 102 valence electrons. The first kappa shape index (κ1) is 15.3. The second kappa shape index (κ2) is 5.36. The van der Waals surface area contributed by atoms with E-state index in [9.17, 15) is 10.2 Å². The fourth-order valence-electron chi connectivity index (χ4n) is 1.82. The highest BCUT2D eigenvalue weighted by Crippen LogP contribution is 2.50. The van der Waals surface area contributed by atoms with Crippen molar-refractivity contribution in [2.75, 3.05) is 0 Å². The van der Waals surface area contributed by atoms with Crippen molar-refractivity contribution in [2.45, 2.75) is 11.0 Å². The van der Waals surface area contributed by atoms with Crippen LogP contribution >= 0.6 is 58.0 Å². The Labute approximate surface area is 134 Å². The Hall–Kier alpha value is -0.0900. The largest absolute Gasteiger partial charge is 0.509 e. The molecule has 19 heavy (non-hydrogen) atoms. The Morgan fingerprint density at radius 2 is 1.58 bits per heavy atom. The van der Waals surface area contributed by atoms with Gasteiger partial charge in [-0.25, -0.2) is 0 Å². The molecule has 2 rings (SSSR count). The van der Waals surface area contributed by atoms with Crippen LogP contribution in [0.15, 0.2) is 45.1 Å². The smallest absolute Gasteiger partial charge is 0.151 e. The molecule has 2 unspecified atom stereocenters. The molecular formula is C12H7Cl5O2. The molecule has 1 aromatic carbocycles. The van der Waals surface area contributed by atoms with E-state index in [4.69, 9.17) is 58.0 Å². The number of allylic oxidation sites excluding steroid dienone is 2. The van der Waals surface area contributed by atoms with E-state index >= 15 is 0 Å². The molecular weight excluding hydrogens is 353 g/mol. The molecule has 0 radical (unpaired) electrons. The molecule has 0 spiro atoms. The minimum Gasteiger partial charge on any atom is -0.509 e. The van der Waals surface area contributed by atoms with E-state index in [0.717, 1.165) is 0 Å². The molecule has 7 heteroatoms. The first-order valence-corrected chi connectivity index (χ1v) is 7.02. The van der Waals surface area contributed by atoms with Crippen LogP contribution in [0, 0.1) is 0 Å². The predicted octanol–water partition coefficient (Wildman–Crippen LogP) is 4.85. The zero-order valence-electron chi connectivity index (χ0n) is 9.17. The van der Waals surface area contributed by atoms with Gasteiger partial charge in [-0.05, 0) is 6.07 Å². The van der Waals surface area contributed by atoms with Gasteiger partial charge >= 0.3 is 0 Å². The van der Waals surface area contributed by atoms with Crippen molar-refractivity contribution >= 4 is 58.0 Å². The molecule has 1 aromatic rings. The summed E-state index contributed by atoms with van der Waals surface area (Å²) < 4.78 is 0. The van der Waals surface area contributed by atoms with Gasteiger partial charge in [0.05, 0.1) is 15.1 Å². The molecule has 0 saturated carbocycles. The number of alkyl halides is 1. The highest BCUT2D eigenvalue weighted by Gasteiger charge is 2.49. The van der Waals surface area contributed by atoms with E-state index in [2.05, 4.69) is 0 Å². The molecule has 2 N–H and O–H groups in total. The number of hydrogen-bond acceptors (Lipinski definition) is 2. The van der Waals surface area contributed by atoms with E-state index in [0.29, 0.717) is 0 Å². The van der Waals surface area contributed by atoms with Crippen molar-refractivity contribution in [1.82, 2.24) is 0 Å². The Bertz CT molecular complexity index is 596. The SMILES string of the molecule is OC1=C(Cl)C(Cl)=C(Cl)C(O)(c2ccccc2Cl)C1Cl. The maximum Gasteiger partial charge on any atom is 0.151 e. The van der Waals surface area contributed by atoms with Gasteiger partial charge in [0.2, 0.25) is 0 Å². The summed E-state index contributed by atoms with van der Waals surface area (Å²) in [7, 11) is 0. The maximum atomic E-state index is 10.8. The molecule has 0 aliphatic heterocycles. The van der Waals surface area contributed by atoms with E-state index in [1.54, 1.807) is 18.2 Å². The lowest BCUT2D eigenvalue weighted by Crippen LogP contribution is -2.41. The third-order valence-corrected chi connectivity index (χ3v) is 5.12. The number of aliphatic hydroxyl groups is 2. The van der Waals surface area contributed by atoms with Crippen LogP contribution in [0.5, 0.6) is 0 Å². The van der Waals surface area contributed by atoms with Gasteiger partial charge < -0.3 is 10.2 Å². The quantitative estimate of drug-likeness (QED) is 0.703. The summed E-state index contributed by atoms with van der Waals surface area (Å²) in [5.41, 5.74) is -1.71. The minimum absolute atomic E-state index is 0.167. The van der Waals surface area contributed by atoms with Crippen LogP contribution in [-0.2, 0) is 5.60 Å². The lowest BCUT2D eigenvalue weighted by Gasteiger charge is -2.36. The molecule has 0 aromatic heterocycles. The van der Waals surface area contributed by atoms with Crippen molar-refractivity contribution in [3.05, 3.63) is 55.7 Å². The van der Waals surface area contributed by atoms with Gasteiger partial charge in [-0.3, -0.25) is 0 Å². The number of aliphatic hydroxyl groups excluding tert-OH is 1. The normalized spacial score (nSPS) is 28.0. The first-order valence-electron chi connectivity index (χ1n) is 5.08. The van der Waals surface area contributed by atoms with E-state index in [1.165, 1.54) is 6.07 Å². The molecule has 2 atom stereocenters. The summed E-state index contributed by atoms with van der Waals surface area (Å²) in [5.74, 6) is -0.458. The second-order valence-corrected chi connectivity index (χ2v) is 5.91. The Kier molecular flexibility index (Phi) is 4.32. The lowest BCUT2D eigenvalue weighted by molar-refractivity contribution is 0.0737. The van der Waals surface area contributed by atoms with Crippen molar-refractivity contribution in [2.24, 2.45) is 0 Å². The molecule has 1 aliphatic carbocycles. The minimum atomic E-state index is -1.94. The van der Waals surface area contributed by atoms with Crippen LogP contribution in [0.1, 0.15) is 5.56 Å². The van der Waals surface area contributed by atoms with Gasteiger partial charge in [0.15, 0.2) is 5.60 Å². The van der Waals surface area contributed by atoms with Crippen molar-refractivity contribution < 1.29 is 10.2 Å². The van der Waals surface area contributed by atoms with Gasteiger partial charge in [0, 0.05) is 10.6 Å². The summed E-state index contributed by atoms with van der Waals surface area (Å²) in [5, 5.41) is 19.0. The highest BCUT2D eigenvalue weighted by molar-refractivity contribution is 6.49. The van der Waals surface area contributed by atoms with Gasteiger partial charge in [0.25, 0.3) is 0 Å². The first-order chi connectivity index (χ1) is 8.81. The average molecular weight is 360 g/mol. The summed E-state index contributed by atoms with van der Waals surface area (Å²) in [6.07, 6.45) is 0. The van der Waals surface area contributed by atoms with Crippen LogP contribution in [0.3, 0.4) is 0 Å². The van der Waals surface area contributed by atoms with Crippen LogP contribution < -0.4 is 0 Å². The van der Waals surface area contributed by atoms with E-state index < -0.39 is 16.7 Å². The number of halogens is 5. The maximum absolute atomic E-state index is 10.8. The molecule has 0 saturated heterocycles.